The highest BCUT2D eigenvalue weighted by Crippen LogP contribution is 2.32. The molecular weight excluding hydrogens is 406 g/mol. The minimum Gasteiger partial charge on any atom is -0.457 e. The van der Waals surface area contributed by atoms with E-state index in [0.29, 0.717) is 24.0 Å². The highest BCUT2D eigenvalue weighted by atomic mass is 32.2. The number of ether oxygens (including phenoxy) is 1. The third-order valence-electron chi connectivity index (χ3n) is 5.10. The number of aryl methyl sites for hydroxylation is 2. The second-order valence-electron chi connectivity index (χ2n) is 8.27. The van der Waals surface area contributed by atoms with Gasteiger partial charge in [-0.2, -0.15) is 0 Å². The normalized spacial score (nSPS) is 13.4. The van der Waals surface area contributed by atoms with Gasteiger partial charge in [-0.25, -0.2) is 13.6 Å². The Morgan fingerprint density at radius 3 is 2.52 bits per heavy atom. The lowest BCUT2D eigenvalue weighted by Crippen LogP contribution is -2.14. The van der Waals surface area contributed by atoms with Gasteiger partial charge in [0.05, 0.1) is 26.7 Å². The van der Waals surface area contributed by atoms with Crippen molar-refractivity contribution in [3.63, 3.8) is 0 Å². The van der Waals surface area contributed by atoms with E-state index in [4.69, 9.17) is 4.74 Å². The maximum atomic E-state index is 13.6. The van der Waals surface area contributed by atoms with Crippen LogP contribution in [0.2, 0.25) is 0 Å². The summed E-state index contributed by atoms with van der Waals surface area (Å²) >= 11 is 0. The van der Waals surface area contributed by atoms with Crippen molar-refractivity contribution < 1.29 is 8.95 Å². The Kier molecular flexibility index (Phi) is 9.11. The molecule has 2 rings (SSSR count). The molecular formula is C25H37N3O2S. The van der Waals surface area contributed by atoms with Gasteiger partial charge in [0.2, 0.25) is 0 Å². The molecule has 1 atom stereocenters. The standard InChI is InChI=1S/C25H37N3O2S/c1-8-27-31(29,14-13-19(3)4)23-12-10-11-22(17-23)30-25-16-20(5)24(15-21(25)6)26-18-28(7)9-2/h10-12,15-19H,8-9,13-14H2,1-7H3. The SMILES string of the molecule is CCN=S(=O)(CCC(C)C)c1cccc(Oc2cc(C)c(N=CN(C)CC)cc2C)c1. The van der Waals surface area contributed by atoms with Crippen molar-refractivity contribution in [2.24, 2.45) is 15.3 Å². The molecule has 2 aromatic rings. The molecule has 0 aliphatic rings. The molecule has 2 aromatic carbocycles. The van der Waals surface area contributed by atoms with Crippen LogP contribution in [0.3, 0.4) is 0 Å². The van der Waals surface area contributed by atoms with Gasteiger partial charge in [0, 0.05) is 25.9 Å². The van der Waals surface area contributed by atoms with Gasteiger partial charge in [0.1, 0.15) is 11.5 Å². The highest BCUT2D eigenvalue weighted by Gasteiger charge is 2.15. The molecule has 31 heavy (non-hydrogen) atoms. The van der Waals surface area contributed by atoms with Gasteiger partial charge < -0.3 is 9.64 Å². The second kappa shape index (κ2) is 11.3. The van der Waals surface area contributed by atoms with Crippen LogP contribution in [0.4, 0.5) is 5.69 Å². The van der Waals surface area contributed by atoms with E-state index in [1.807, 2.05) is 75.5 Å². The molecule has 6 heteroatoms. The molecule has 0 aromatic heterocycles. The molecule has 0 aliphatic carbocycles. The van der Waals surface area contributed by atoms with Gasteiger partial charge >= 0.3 is 0 Å². The lowest BCUT2D eigenvalue weighted by atomic mass is 10.1. The Balaban J connectivity index is 2.32. The summed E-state index contributed by atoms with van der Waals surface area (Å²) in [7, 11) is -0.449. The topological polar surface area (TPSA) is 54.3 Å². The minimum atomic E-state index is -2.45. The third kappa shape index (κ3) is 7.10. The van der Waals surface area contributed by atoms with Gasteiger partial charge in [-0.05, 0) is 81.5 Å². The van der Waals surface area contributed by atoms with Gasteiger partial charge in [-0.15, -0.1) is 0 Å². The first-order valence-electron chi connectivity index (χ1n) is 11.0. The fourth-order valence-corrected chi connectivity index (χ4v) is 5.30. The van der Waals surface area contributed by atoms with Crippen LogP contribution in [0.1, 0.15) is 45.2 Å². The van der Waals surface area contributed by atoms with Crippen LogP contribution in [-0.4, -0.2) is 41.3 Å². The number of benzene rings is 2. The molecule has 170 valence electrons. The van der Waals surface area contributed by atoms with Crippen LogP contribution in [0.25, 0.3) is 0 Å². The van der Waals surface area contributed by atoms with Gasteiger partial charge in [-0.1, -0.05) is 19.9 Å². The number of hydrogen-bond acceptors (Lipinski definition) is 4. The fourth-order valence-electron chi connectivity index (χ4n) is 2.99. The fraction of sp³-hybridized carbons (Fsp3) is 0.480. The monoisotopic (exact) mass is 443 g/mol. The van der Waals surface area contributed by atoms with E-state index in [-0.39, 0.29) is 0 Å². The third-order valence-corrected chi connectivity index (χ3v) is 7.55. The molecule has 0 aliphatic heterocycles. The first-order chi connectivity index (χ1) is 14.7. The molecule has 0 radical (unpaired) electrons. The predicted molar refractivity (Wildman–Crippen MR) is 133 cm³/mol. The van der Waals surface area contributed by atoms with Gasteiger partial charge in [0.15, 0.2) is 0 Å². The van der Waals surface area contributed by atoms with E-state index in [0.717, 1.165) is 40.4 Å². The second-order valence-corrected chi connectivity index (χ2v) is 10.7. The largest absolute Gasteiger partial charge is 0.457 e. The molecule has 0 fully saturated rings. The van der Waals surface area contributed by atoms with Crippen molar-refractivity contribution in [3.8, 4) is 11.5 Å². The van der Waals surface area contributed by atoms with E-state index >= 15 is 0 Å². The molecule has 0 amide bonds. The van der Waals surface area contributed by atoms with E-state index in [9.17, 15) is 4.21 Å². The summed E-state index contributed by atoms with van der Waals surface area (Å²) in [6.45, 7) is 13.8. The molecule has 1 unspecified atom stereocenters. The lowest BCUT2D eigenvalue weighted by molar-refractivity contribution is 0.477. The van der Waals surface area contributed by atoms with Crippen molar-refractivity contribution in [1.29, 1.82) is 0 Å². The van der Waals surface area contributed by atoms with Crippen LogP contribution in [0.15, 0.2) is 50.6 Å². The zero-order valence-electron chi connectivity index (χ0n) is 20.0. The van der Waals surface area contributed by atoms with Crippen LogP contribution in [0, 0.1) is 19.8 Å². The van der Waals surface area contributed by atoms with Crippen molar-refractivity contribution in [3.05, 3.63) is 47.5 Å². The Bertz CT molecular complexity index is 1020. The molecule has 0 saturated heterocycles. The summed E-state index contributed by atoms with van der Waals surface area (Å²) in [5.74, 6) is 2.50. The first kappa shape index (κ1) is 24.9. The van der Waals surface area contributed by atoms with Crippen molar-refractivity contribution in [2.75, 3.05) is 25.9 Å². The van der Waals surface area contributed by atoms with Crippen LogP contribution >= 0.6 is 0 Å². The zero-order valence-corrected chi connectivity index (χ0v) is 20.8. The smallest absolute Gasteiger partial charge is 0.130 e. The quantitative estimate of drug-likeness (QED) is 0.307. The van der Waals surface area contributed by atoms with Crippen molar-refractivity contribution >= 4 is 21.8 Å². The highest BCUT2D eigenvalue weighted by molar-refractivity contribution is 7.93. The number of nitrogens with zero attached hydrogens (tertiary/aromatic N) is 3. The molecule has 5 nitrogen and oxygen atoms in total. The average Bonchev–Trinajstić information content (AvgIpc) is 2.73. The van der Waals surface area contributed by atoms with Crippen LogP contribution < -0.4 is 4.74 Å². The Morgan fingerprint density at radius 1 is 1.13 bits per heavy atom. The lowest BCUT2D eigenvalue weighted by Gasteiger charge is -2.15. The van der Waals surface area contributed by atoms with E-state index in [2.05, 4.69) is 30.1 Å². The van der Waals surface area contributed by atoms with Crippen molar-refractivity contribution in [1.82, 2.24) is 4.90 Å². The maximum absolute atomic E-state index is 13.6. The summed E-state index contributed by atoms with van der Waals surface area (Å²) in [6, 6.07) is 11.6. The predicted octanol–water partition coefficient (Wildman–Crippen LogP) is 6.60. The van der Waals surface area contributed by atoms with E-state index in [1.54, 1.807) is 0 Å². The Hall–Kier alpha value is -2.34. The van der Waals surface area contributed by atoms with Gasteiger partial charge in [-0.3, -0.25) is 0 Å². The molecule has 0 N–H and O–H groups in total. The van der Waals surface area contributed by atoms with Gasteiger partial charge in [0.25, 0.3) is 0 Å². The Labute approximate surface area is 188 Å². The maximum Gasteiger partial charge on any atom is 0.130 e. The first-order valence-corrected chi connectivity index (χ1v) is 12.7. The van der Waals surface area contributed by atoms with Crippen molar-refractivity contribution in [2.45, 2.75) is 52.9 Å². The zero-order chi connectivity index (χ0) is 23.0. The minimum absolute atomic E-state index is 0.483. The summed E-state index contributed by atoms with van der Waals surface area (Å²) in [6.07, 6.45) is 2.72. The number of aliphatic imine (C=N–C) groups is 1. The summed E-state index contributed by atoms with van der Waals surface area (Å²) in [5, 5.41) is 0. The molecule has 0 saturated carbocycles. The van der Waals surface area contributed by atoms with E-state index < -0.39 is 9.73 Å². The van der Waals surface area contributed by atoms with Crippen LogP contribution in [0.5, 0.6) is 11.5 Å². The Morgan fingerprint density at radius 2 is 1.87 bits per heavy atom. The summed E-state index contributed by atoms with van der Waals surface area (Å²) in [4.78, 5) is 7.35. The molecule has 0 heterocycles. The molecule has 0 spiro atoms. The van der Waals surface area contributed by atoms with Crippen LogP contribution in [-0.2, 0) is 9.73 Å². The summed E-state index contributed by atoms with van der Waals surface area (Å²) < 4.78 is 24.3. The average molecular weight is 444 g/mol. The number of hydrogen-bond donors (Lipinski definition) is 0. The van der Waals surface area contributed by atoms with E-state index in [1.165, 1.54) is 0 Å². The molecule has 0 bridgehead atoms. The summed E-state index contributed by atoms with van der Waals surface area (Å²) in [5.41, 5.74) is 2.97. The number of rotatable bonds is 10.